The predicted molar refractivity (Wildman–Crippen MR) is 139 cm³/mol. The Labute approximate surface area is 206 Å². The molecule has 0 amide bonds. The van der Waals surface area contributed by atoms with E-state index in [4.69, 9.17) is 22.1 Å². The van der Waals surface area contributed by atoms with Crippen molar-refractivity contribution >= 4 is 12.2 Å². The highest BCUT2D eigenvalue weighted by molar-refractivity contribution is 7.71. The molecule has 0 spiro atoms. The van der Waals surface area contributed by atoms with Gasteiger partial charge in [0.15, 0.2) is 5.82 Å². The third-order valence-corrected chi connectivity index (χ3v) is 7.00. The predicted octanol–water partition coefficient (Wildman–Crippen LogP) is 5.99. The van der Waals surface area contributed by atoms with Crippen molar-refractivity contribution in [3.63, 3.8) is 0 Å². The van der Waals surface area contributed by atoms with Crippen LogP contribution < -0.4 is 4.74 Å². The number of aromatic nitrogens is 3. The normalized spacial score (nSPS) is 14.9. The lowest BCUT2D eigenvalue weighted by Gasteiger charge is -2.31. The molecule has 4 aromatic rings. The molecule has 5 rings (SSSR count). The minimum Gasteiger partial charge on any atom is -0.497 e. The Morgan fingerprint density at radius 3 is 2.18 bits per heavy atom. The van der Waals surface area contributed by atoms with E-state index in [1.54, 1.807) is 7.11 Å². The maximum atomic E-state index is 5.93. The molecule has 0 N–H and O–H groups in total. The van der Waals surface area contributed by atoms with E-state index < -0.39 is 0 Å². The number of ether oxygens (including phenoxy) is 1. The summed E-state index contributed by atoms with van der Waals surface area (Å²) in [6.45, 7) is 2.84. The van der Waals surface area contributed by atoms with E-state index in [-0.39, 0.29) is 0 Å². The van der Waals surface area contributed by atoms with Crippen LogP contribution >= 0.6 is 12.2 Å². The third kappa shape index (κ3) is 4.98. The van der Waals surface area contributed by atoms with Crippen molar-refractivity contribution in [2.24, 2.45) is 5.92 Å². The lowest BCUT2D eigenvalue weighted by atomic mass is 9.90. The molecular formula is C28H30N4OS. The topological polar surface area (TPSA) is 35.2 Å². The summed E-state index contributed by atoms with van der Waals surface area (Å²) in [6, 6.07) is 29.1. The highest BCUT2D eigenvalue weighted by Gasteiger charge is 2.22. The van der Waals surface area contributed by atoms with Crippen molar-refractivity contribution in [1.29, 1.82) is 0 Å². The van der Waals surface area contributed by atoms with Crippen LogP contribution in [0.15, 0.2) is 84.9 Å². The molecule has 0 radical (unpaired) electrons. The molecule has 0 unspecified atom stereocenters. The van der Waals surface area contributed by atoms with Crippen LogP contribution in [-0.4, -0.2) is 39.4 Å². The van der Waals surface area contributed by atoms with Gasteiger partial charge in [0.05, 0.1) is 13.8 Å². The summed E-state index contributed by atoms with van der Waals surface area (Å²) < 4.78 is 10.1. The summed E-state index contributed by atoms with van der Waals surface area (Å²) in [7, 11) is 1.68. The lowest BCUT2D eigenvalue weighted by molar-refractivity contribution is 0.140. The Morgan fingerprint density at radius 2 is 1.53 bits per heavy atom. The largest absolute Gasteiger partial charge is 0.497 e. The first-order valence-corrected chi connectivity index (χ1v) is 12.3. The fourth-order valence-corrected chi connectivity index (χ4v) is 5.00. The second kappa shape index (κ2) is 10.4. The fraction of sp³-hybridized carbons (Fsp3) is 0.286. The van der Waals surface area contributed by atoms with Crippen molar-refractivity contribution in [3.8, 4) is 22.8 Å². The number of methoxy groups -OCH3 is 1. The number of hydrogen-bond donors (Lipinski definition) is 0. The van der Waals surface area contributed by atoms with E-state index in [0.717, 1.165) is 41.8 Å². The van der Waals surface area contributed by atoms with Crippen LogP contribution in [0.25, 0.3) is 17.1 Å². The van der Waals surface area contributed by atoms with Crippen molar-refractivity contribution in [3.05, 3.63) is 95.3 Å². The lowest BCUT2D eigenvalue weighted by Crippen LogP contribution is -2.36. The molecule has 0 bridgehead atoms. The summed E-state index contributed by atoms with van der Waals surface area (Å²) in [4.78, 5) is 2.47. The SMILES string of the molecule is COc1ccc(-c2nn(CN3CCC(Cc4ccccc4)CC3)c(=S)n2-c2ccccc2)cc1. The molecule has 3 aromatic carbocycles. The van der Waals surface area contributed by atoms with Gasteiger partial charge in [0.25, 0.3) is 0 Å². The van der Waals surface area contributed by atoms with E-state index in [9.17, 15) is 0 Å². The average Bonchev–Trinajstić information content (AvgIpc) is 3.22. The molecule has 0 aliphatic carbocycles. The molecule has 5 nitrogen and oxygen atoms in total. The van der Waals surface area contributed by atoms with Gasteiger partial charge in [0.1, 0.15) is 5.75 Å². The molecule has 34 heavy (non-hydrogen) atoms. The quantitative estimate of drug-likeness (QED) is 0.311. The first-order valence-electron chi connectivity index (χ1n) is 11.9. The van der Waals surface area contributed by atoms with Crippen molar-refractivity contribution in [1.82, 2.24) is 19.2 Å². The fourth-order valence-electron chi connectivity index (χ4n) is 4.71. The van der Waals surface area contributed by atoms with Crippen LogP contribution in [0.5, 0.6) is 5.75 Å². The molecule has 1 aliphatic rings. The molecule has 1 fully saturated rings. The van der Waals surface area contributed by atoms with E-state index in [2.05, 4.69) is 51.9 Å². The third-order valence-electron chi connectivity index (χ3n) is 6.61. The Balaban J connectivity index is 1.36. The van der Waals surface area contributed by atoms with Crippen molar-refractivity contribution < 1.29 is 4.74 Å². The standard InChI is InChI=1S/C28H30N4OS/c1-33-26-14-12-24(13-15-26)27-29-31(28(34)32(27)25-10-6-3-7-11-25)21-30-18-16-23(17-19-30)20-22-8-4-2-5-9-22/h2-15,23H,16-21H2,1H3. The van der Waals surface area contributed by atoms with Crippen LogP contribution in [-0.2, 0) is 13.1 Å². The first kappa shape index (κ1) is 22.6. The molecule has 1 aromatic heterocycles. The summed E-state index contributed by atoms with van der Waals surface area (Å²) >= 11 is 5.93. The Kier molecular flexibility index (Phi) is 6.88. The minimum atomic E-state index is 0.708. The van der Waals surface area contributed by atoms with Crippen LogP contribution in [0.3, 0.4) is 0 Å². The number of piperidine rings is 1. The average molecular weight is 471 g/mol. The summed E-state index contributed by atoms with van der Waals surface area (Å²) in [5.41, 5.74) is 3.47. The zero-order chi connectivity index (χ0) is 23.3. The Hall–Kier alpha value is -3.22. The number of para-hydroxylation sites is 1. The zero-order valence-corrected chi connectivity index (χ0v) is 20.3. The number of benzene rings is 3. The summed E-state index contributed by atoms with van der Waals surface area (Å²) in [5, 5.41) is 4.99. The van der Waals surface area contributed by atoms with E-state index >= 15 is 0 Å². The van der Waals surface area contributed by atoms with Crippen molar-refractivity contribution in [2.45, 2.75) is 25.9 Å². The van der Waals surface area contributed by atoms with Crippen LogP contribution in [0, 0.1) is 10.7 Å². The molecule has 6 heteroatoms. The van der Waals surface area contributed by atoms with Gasteiger partial charge < -0.3 is 4.74 Å². The van der Waals surface area contributed by atoms with Crippen molar-refractivity contribution in [2.75, 3.05) is 20.2 Å². The van der Waals surface area contributed by atoms with Gasteiger partial charge in [0, 0.05) is 24.3 Å². The van der Waals surface area contributed by atoms with Gasteiger partial charge >= 0.3 is 0 Å². The van der Waals surface area contributed by atoms with E-state index in [1.165, 1.54) is 24.8 Å². The number of nitrogens with zero attached hydrogens (tertiary/aromatic N) is 4. The van der Waals surface area contributed by atoms with Gasteiger partial charge in [-0.15, -0.1) is 5.10 Å². The van der Waals surface area contributed by atoms with Gasteiger partial charge in [-0.1, -0.05) is 48.5 Å². The summed E-state index contributed by atoms with van der Waals surface area (Å²) in [5.74, 6) is 2.41. The smallest absolute Gasteiger partial charge is 0.204 e. The summed E-state index contributed by atoms with van der Waals surface area (Å²) in [6.07, 6.45) is 3.57. The monoisotopic (exact) mass is 470 g/mol. The van der Waals surface area contributed by atoms with Crippen LogP contribution in [0.4, 0.5) is 0 Å². The first-order chi connectivity index (χ1) is 16.7. The van der Waals surface area contributed by atoms with Gasteiger partial charge in [-0.2, -0.15) is 0 Å². The second-order valence-electron chi connectivity index (χ2n) is 8.90. The maximum absolute atomic E-state index is 5.93. The van der Waals surface area contributed by atoms with Gasteiger partial charge in [-0.3, -0.25) is 9.47 Å². The second-order valence-corrected chi connectivity index (χ2v) is 9.26. The highest BCUT2D eigenvalue weighted by Crippen LogP contribution is 2.26. The maximum Gasteiger partial charge on any atom is 0.204 e. The zero-order valence-electron chi connectivity index (χ0n) is 19.5. The van der Waals surface area contributed by atoms with Crippen LogP contribution in [0.1, 0.15) is 18.4 Å². The molecule has 174 valence electrons. The number of hydrogen-bond acceptors (Lipinski definition) is 4. The Morgan fingerprint density at radius 1 is 0.882 bits per heavy atom. The van der Waals surface area contributed by atoms with Gasteiger partial charge in [0.2, 0.25) is 4.77 Å². The molecule has 2 heterocycles. The van der Waals surface area contributed by atoms with Gasteiger partial charge in [-0.05, 0) is 79.4 Å². The molecule has 1 saturated heterocycles. The minimum absolute atomic E-state index is 0.708. The molecule has 1 aliphatic heterocycles. The molecular weight excluding hydrogens is 440 g/mol. The molecule has 0 saturated carbocycles. The van der Waals surface area contributed by atoms with E-state index in [1.807, 2.05) is 47.1 Å². The number of rotatable bonds is 7. The highest BCUT2D eigenvalue weighted by atomic mass is 32.1. The number of likely N-dealkylation sites (tertiary alicyclic amines) is 1. The van der Waals surface area contributed by atoms with Crippen LogP contribution in [0.2, 0.25) is 0 Å². The Bertz CT molecular complexity index is 1260. The van der Waals surface area contributed by atoms with Gasteiger partial charge in [-0.25, -0.2) is 4.68 Å². The van der Waals surface area contributed by atoms with E-state index in [0.29, 0.717) is 11.4 Å². The molecule has 0 atom stereocenters.